The third-order valence-corrected chi connectivity index (χ3v) is 4.25. The maximum absolute atomic E-state index is 11.4. The molecular weight excluding hydrogens is 378 g/mol. The van der Waals surface area contributed by atoms with E-state index in [-0.39, 0.29) is 6.73 Å². The molecule has 4 rings (SSSR count). The van der Waals surface area contributed by atoms with Crippen LogP contribution in [0.25, 0.3) is 22.8 Å². The Morgan fingerprint density at radius 3 is 2.57 bits per heavy atom. The minimum absolute atomic E-state index is 0.211. The van der Waals surface area contributed by atoms with Crippen LogP contribution in [0.15, 0.2) is 73.2 Å². The molecular formula is C20H16ClN5O2. The second-order valence-corrected chi connectivity index (χ2v) is 6.42. The van der Waals surface area contributed by atoms with Gasteiger partial charge in [0, 0.05) is 29.5 Å². The van der Waals surface area contributed by atoms with E-state index < -0.39 is 0 Å². The van der Waals surface area contributed by atoms with Crippen LogP contribution in [-0.2, 0) is 18.1 Å². The van der Waals surface area contributed by atoms with Gasteiger partial charge >= 0.3 is 0 Å². The summed E-state index contributed by atoms with van der Waals surface area (Å²) in [6, 6.07) is 16.8. The molecule has 0 saturated carbocycles. The lowest BCUT2D eigenvalue weighted by molar-refractivity contribution is -0.605. The summed E-state index contributed by atoms with van der Waals surface area (Å²) in [6.45, 7) is 0.661. The lowest BCUT2D eigenvalue weighted by Gasteiger charge is -2.07. The van der Waals surface area contributed by atoms with Crippen molar-refractivity contribution in [1.29, 1.82) is 0 Å². The lowest BCUT2D eigenvalue weighted by Crippen LogP contribution is -2.23. The van der Waals surface area contributed by atoms with Gasteiger partial charge in [-0.2, -0.15) is 4.73 Å². The smallest absolute Gasteiger partial charge is 0.182 e. The molecule has 0 saturated heterocycles. The van der Waals surface area contributed by atoms with Crippen LogP contribution in [0.4, 0.5) is 0 Å². The first-order valence-corrected chi connectivity index (χ1v) is 8.94. The van der Waals surface area contributed by atoms with E-state index in [1.807, 2.05) is 30.3 Å². The predicted molar refractivity (Wildman–Crippen MR) is 104 cm³/mol. The van der Waals surface area contributed by atoms with E-state index in [1.165, 1.54) is 12.4 Å². The van der Waals surface area contributed by atoms with Gasteiger partial charge in [0.2, 0.25) is 0 Å². The number of rotatable bonds is 6. The highest BCUT2D eigenvalue weighted by atomic mass is 35.5. The molecule has 7 nitrogen and oxygen atoms in total. The molecule has 0 fully saturated rings. The van der Waals surface area contributed by atoms with Gasteiger partial charge in [0.1, 0.15) is 11.9 Å². The molecule has 0 aliphatic heterocycles. The maximum Gasteiger partial charge on any atom is 0.182 e. The fourth-order valence-corrected chi connectivity index (χ4v) is 2.87. The van der Waals surface area contributed by atoms with E-state index in [2.05, 4.69) is 15.1 Å². The van der Waals surface area contributed by atoms with Crippen molar-refractivity contribution in [3.05, 3.63) is 89.1 Å². The van der Waals surface area contributed by atoms with E-state index in [0.717, 1.165) is 21.4 Å². The van der Waals surface area contributed by atoms with Gasteiger partial charge in [0.25, 0.3) is 0 Å². The number of hydrogen-bond acceptors (Lipinski definition) is 5. The Labute approximate surface area is 166 Å². The Bertz CT molecular complexity index is 1070. The molecule has 0 aliphatic carbocycles. The van der Waals surface area contributed by atoms with Gasteiger partial charge in [-0.05, 0) is 17.7 Å². The highest BCUT2D eigenvalue weighted by Crippen LogP contribution is 2.23. The number of pyridine rings is 2. The number of aromatic nitrogens is 5. The number of halogens is 1. The third kappa shape index (κ3) is 4.16. The number of benzene rings is 1. The van der Waals surface area contributed by atoms with Crippen molar-refractivity contribution in [2.75, 3.05) is 0 Å². The first-order chi connectivity index (χ1) is 13.7. The zero-order valence-electron chi connectivity index (χ0n) is 14.8. The molecule has 0 spiro atoms. The van der Waals surface area contributed by atoms with E-state index >= 15 is 0 Å². The Morgan fingerprint density at radius 2 is 1.82 bits per heavy atom. The maximum atomic E-state index is 11.4. The van der Waals surface area contributed by atoms with Crippen molar-refractivity contribution in [2.45, 2.75) is 13.3 Å². The molecule has 0 bridgehead atoms. The van der Waals surface area contributed by atoms with Crippen LogP contribution < -0.4 is 4.73 Å². The van der Waals surface area contributed by atoms with Crippen LogP contribution in [0.1, 0.15) is 5.56 Å². The first-order valence-electron chi connectivity index (χ1n) is 8.57. The van der Waals surface area contributed by atoms with Crippen LogP contribution in [0.2, 0.25) is 5.15 Å². The van der Waals surface area contributed by atoms with Gasteiger partial charge in [-0.1, -0.05) is 41.9 Å². The van der Waals surface area contributed by atoms with E-state index in [0.29, 0.717) is 23.4 Å². The normalized spacial score (nSPS) is 10.9. The van der Waals surface area contributed by atoms with Crippen LogP contribution >= 0.6 is 11.6 Å². The van der Waals surface area contributed by atoms with Gasteiger partial charge in [0.15, 0.2) is 24.0 Å². The second kappa shape index (κ2) is 8.16. The highest BCUT2D eigenvalue weighted by Gasteiger charge is 2.15. The van der Waals surface area contributed by atoms with E-state index in [9.17, 15) is 5.21 Å². The molecule has 4 aromatic rings. The molecule has 0 unspecified atom stereocenters. The Morgan fingerprint density at radius 1 is 1.04 bits per heavy atom. The Kier molecular flexibility index (Phi) is 5.27. The molecule has 1 aromatic carbocycles. The van der Waals surface area contributed by atoms with Crippen molar-refractivity contribution in [3.8, 4) is 22.8 Å². The summed E-state index contributed by atoms with van der Waals surface area (Å²) < 4.78 is 8.21. The molecule has 140 valence electrons. The number of hydrogen-bond donors (Lipinski definition) is 0. The van der Waals surface area contributed by atoms with Crippen LogP contribution in [0, 0.1) is 5.21 Å². The fourth-order valence-electron chi connectivity index (χ4n) is 2.70. The average molecular weight is 394 g/mol. The van der Waals surface area contributed by atoms with Gasteiger partial charge < -0.3 is 9.94 Å². The highest BCUT2D eigenvalue weighted by molar-refractivity contribution is 6.29. The summed E-state index contributed by atoms with van der Waals surface area (Å²) in [5.74, 6) is 1.10. The second-order valence-electron chi connectivity index (χ2n) is 6.04. The minimum Gasteiger partial charge on any atom is -0.619 e. The quantitative estimate of drug-likeness (QED) is 0.284. The molecule has 8 heteroatoms. The topological polar surface area (TPSA) is 79.8 Å². The van der Waals surface area contributed by atoms with E-state index in [1.54, 1.807) is 35.1 Å². The van der Waals surface area contributed by atoms with Crippen molar-refractivity contribution in [3.63, 3.8) is 0 Å². The molecule has 0 radical (unpaired) electrons. The van der Waals surface area contributed by atoms with Crippen molar-refractivity contribution in [1.82, 2.24) is 19.7 Å². The summed E-state index contributed by atoms with van der Waals surface area (Å²) in [4.78, 5) is 8.61. The molecule has 3 aromatic heterocycles. The Hall–Kier alpha value is -3.29. The molecule has 0 aliphatic rings. The lowest BCUT2D eigenvalue weighted by atomic mass is 10.2. The molecule has 0 amide bonds. The largest absolute Gasteiger partial charge is 0.619 e. The zero-order valence-corrected chi connectivity index (χ0v) is 15.5. The van der Waals surface area contributed by atoms with Crippen molar-refractivity contribution < 1.29 is 9.47 Å². The first kappa shape index (κ1) is 18.1. The predicted octanol–water partition coefficient (Wildman–Crippen LogP) is 3.47. The van der Waals surface area contributed by atoms with Gasteiger partial charge in [-0.25, -0.2) is 14.6 Å². The third-order valence-electron chi connectivity index (χ3n) is 4.04. The van der Waals surface area contributed by atoms with Gasteiger partial charge in [-0.15, -0.1) is 5.10 Å². The molecule has 3 heterocycles. The van der Waals surface area contributed by atoms with Crippen molar-refractivity contribution in [2.24, 2.45) is 0 Å². The average Bonchev–Trinajstić information content (AvgIpc) is 3.14. The molecule has 0 N–H and O–H groups in total. The molecule has 0 atom stereocenters. The summed E-state index contributed by atoms with van der Waals surface area (Å²) in [5, 5.41) is 16.3. The van der Waals surface area contributed by atoms with E-state index in [4.69, 9.17) is 16.3 Å². The van der Waals surface area contributed by atoms with Crippen LogP contribution in [-0.4, -0.2) is 19.7 Å². The summed E-state index contributed by atoms with van der Waals surface area (Å²) in [7, 11) is 0. The number of nitrogens with zero attached hydrogens (tertiary/aromatic N) is 5. The monoisotopic (exact) mass is 393 g/mol. The molecule has 28 heavy (non-hydrogen) atoms. The van der Waals surface area contributed by atoms with Crippen LogP contribution in [0.3, 0.4) is 0 Å². The van der Waals surface area contributed by atoms with Crippen LogP contribution in [0.5, 0.6) is 0 Å². The SMILES string of the molecule is [O-][n+]1ccc(-c2nc(-c3ccnc(Cl)c3)nn2COCc2ccccc2)cc1. The standard InChI is InChI=1S/C20H16ClN5O2/c21-18-12-17(6-9-22-18)19-23-20(16-7-10-25(27)11-8-16)26(24-19)14-28-13-15-4-2-1-3-5-15/h1-12H,13-14H2. The summed E-state index contributed by atoms with van der Waals surface area (Å²) >= 11 is 5.99. The van der Waals surface area contributed by atoms with Crippen molar-refractivity contribution >= 4 is 11.6 Å². The summed E-state index contributed by atoms with van der Waals surface area (Å²) in [6.07, 6.45) is 4.44. The zero-order chi connectivity index (χ0) is 19.3. The summed E-state index contributed by atoms with van der Waals surface area (Å²) in [5.41, 5.74) is 2.57. The Balaban J connectivity index is 1.63. The van der Waals surface area contributed by atoms with Gasteiger partial charge in [-0.3, -0.25) is 0 Å². The van der Waals surface area contributed by atoms with Gasteiger partial charge in [0.05, 0.1) is 6.61 Å². The minimum atomic E-state index is 0.211. The number of ether oxygens (including phenoxy) is 1. The fraction of sp³-hybridized carbons (Fsp3) is 0.100.